The number of amides is 1. The molecule has 1 heterocycles. The highest BCUT2D eigenvalue weighted by atomic mass is 16.3. The van der Waals surface area contributed by atoms with Crippen LogP contribution in [0.3, 0.4) is 0 Å². The Morgan fingerprint density at radius 3 is 3.00 bits per heavy atom. The zero-order chi connectivity index (χ0) is 13.0. The second-order valence-electron chi connectivity index (χ2n) is 4.96. The fourth-order valence-electron chi connectivity index (χ4n) is 2.62. The molecule has 1 aromatic carbocycles. The van der Waals surface area contributed by atoms with Gasteiger partial charge in [0, 0.05) is 19.0 Å². The molecule has 1 unspecified atom stereocenters. The topological polar surface area (TPSA) is 66.6 Å². The number of aromatic hydroxyl groups is 1. The number of hydrogen-bond donors (Lipinski definition) is 2. The summed E-state index contributed by atoms with van der Waals surface area (Å²) in [4.78, 5) is 13.4. The number of phenolic OH excluding ortho intramolecular Hbond substituents is 1. The molecule has 1 aliphatic heterocycles. The van der Waals surface area contributed by atoms with Crippen molar-refractivity contribution in [2.45, 2.75) is 38.3 Å². The molecule has 0 bridgehead atoms. The first-order chi connectivity index (χ1) is 8.65. The Hall–Kier alpha value is -1.55. The summed E-state index contributed by atoms with van der Waals surface area (Å²) in [6.45, 7) is 1.76. The lowest BCUT2D eigenvalue weighted by Crippen LogP contribution is -2.41. The van der Waals surface area contributed by atoms with Crippen molar-refractivity contribution in [1.82, 2.24) is 4.90 Å². The molecular formula is C14H20N2O2. The molecule has 4 nitrogen and oxygen atoms in total. The van der Waals surface area contributed by atoms with E-state index in [9.17, 15) is 9.90 Å². The molecule has 0 saturated carbocycles. The molecule has 1 saturated heterocycles. The number of carbonyl (C=O) groups excluding carboxylic acids is 1. The zero-order valence-corrected chi connectivity index (χ0v) is 10.5. The number of rotatable bonds is 4. The van der Waals surface area contributed by atoms with E-state index in [2.05, 4.69) is 4.90 Å². The lowest BCUT2D eigenvalue weighted by atomic mass is 9.98. The van der Waals surface area contributed by atoms with Crippen LogP contribution in [0.5, 0.6) is 5.75 Å². The van der Waals surface area contributed by atoms with Gasteiger partial charge in [0.05, 0.1) is 0 Å². The monoisotopic (exact) mass is 248 g/mol. The zero-order valence-electron chi connectivity index (χ0n) is 10.5. The van der Waals surface area contributed by atoms with Crippen molar-refractivity contribution in [3.63, 3.8) is 0 Å². The molecule has 18 heavy (non-hydrogen) atoms. The van der Waals surface area contributed by atoms with E-state index in [0.29, 0.717) is 6.42 Å². The fraction of sp³-hybridized carbons (Fsp3) is 0.500. The molecule has 1 fully saturated rings. The molecule has 0 radical (unpaired) electrons. The number of nitrogens with two attached hydrogens (primary N) is 1. The molecular weight excluding hydrogens is 228 g/mol. The largest absolute Gasteiger partial charge is 0.508 e. The van der Waals surface area contributed by atoms with Crippen molar-refractivity contribution in [2.24, 2.45) is 5.73 Å². The van der Waals surface area contributed by atoms with E-state index in [1.807, 2.05) is 12.1 Å². The molecule has 1 amide bonds. The molecule has 4 heteroatoms. The summed E-state index contributed by atoms with van der Waals surface area (Å²) in [7, 11) is 0. The Balaban J connectivity index is 2.03. The smallest absolute Gasteiger partial charge is 0.218 e. The summed E-state index contributed by atoms with van der Waals surface area (Å²) in [6, 6.07) is 7.53. The number of benzene rings is 1. The highest BCUT2D eigenvalue weighted by Gasteiger charge is 2.23. The summed E-state index contributed by atoms with van der Waals surface area (Å²) >= 11 is 0. The Morgan fingerprint density at radius 2 is 2.28 bits per heavy atom. The number of phenols is 1. The number of piperidine rings is 1. The first-order valence-corrected chi connectivity index (χ1v) is 6.45. The van der Waals surface area contributed by atoms with Gasteiger partial charge in [-0.3, -0.25) is 9.69 Å². The van der Waals surface area contributed by atoms with E-state index in [4.69, 9.17) is 5.73 Å². The van der Waals surface area contributed by atoms with Gasteiger partial charge in [0.25, 0.3) is 0 Å². The summed E-state index contributed by atoms with van der Waals surface area (Å²) < 4.78 is 0. The molecule has 0 spiro atoms. The third-order valence-corrected chi connectivity index (χ3v) is 3.48. The lowest BCUT2D eigenvalue weighted by Gasteiger charge is -2.35. The van der Waals surface area contributed by atoms with E-state index in [-0.39, 0.29) is 17.7 Å². The average Bonchev–Trinajstić information content (AvgIpc) is 2.31. The van der Waals surface area contributed by atoms with Crippen molar-refractivity contribution in [3.8, 4) is 5.75 Å². The van der Waals surface area contributed by atoms with E-state index in [1.54, 1.807) is 12.1 Å². The van der Waals surface area contributed by atoms with Crippen LogP contribution in [0.4, 0.5) is 0 Å². The first-order valence-electron chi connectivity index (χ1n) is 6.45. The second-order valence-corrected chi connectivity index (χ2v) is 4.96. The summed E-state index contributed by atoms with van der Waals surface area (Å²) in [5, 5.41) is 9.46. The maximum Gasteiger partial charge on any atom is 0.218 e. The Kier molecular flexibility index (Phi) is 4.20. The standard InChI is InChI=1S/C14H20N2O2/c15-14(18)9-12-5-1-2-7-16(12)10-11-4-3-6-13(17)8-11/h3-4,6,8,12,17H,1-2,5,7,9-10H2,(H2,15,18). The van der Waals surface area contributed by atoms with Crippen LogP contribution in [0, 0.1) is 0 Å². The van der Waals surface area contributed by atoms with Crippen molar-refractivity contribution >= 4 is 5.91 Å². The summed E-state index contributed by atoms with van der Waals surface area (Å²) in [5.74, 6) is 0.0544. The highest BCUT2D eigenvalue weighted by molar-refractivity contribution is 5.74. The van der Waals surface area contributed by atoms with E-state index < -0.39 is 0 Å². The predicted molar refractivity (Wildman–Crippen MR) is 70.0 cm³/mol. The van der Waals surface area contributed by atoms with Gasteiger partial charge < -0.3 is 10.8 Å². The first kappa shape index (κ1) is 12.9. The molecule has 1 aromatic rings. The maximum absolute atomic E-state index is 11.1. The quantitative estimate of drug-likeness (QED) is 0.851. The van der Waals surface area contributed by atoms with Crippen molar-refractivity contribution in [1.29, 1.82) is 0 Å². The van der Waals surface area contributed by atoms with E-state index in [0.717, 1.165) is 37.9 Å². The van der Waals surface area contributed by atoms with Crippen LogP contribution in [0.2, 0.25) is 0 Å². The number of hydrogen-bond acceptors (Lipinski definition) is 3. The van der Waals surface area contributed by atoms with Gasteiger partial charge in [0.1, 0.15) is 5.75 Å². The van der Waals surface area contributed by atoms with Crippen molar-refractivity contribution < 1.29 is 9.90 Å². The van der Waals surface area contributed by atoms with Crippen LogP contribution < -0.4 is 5.73 Å². The Labute approximate surface area is 107 Å². The lowest BCUT2D eigenvalue weighted by molar-refractivity contribution is -0.119. The van der Waals surface area contributed by atoms with Crippen LogP contribution >= 0.6 is 0 Å². The van der Waals surface area contributed by atoms with Crippen molar-refractivity contribution in [2.75, 3.05) is 6.54 Å². The van der Waals surface area contributed by atoms with Crippen LogP contribution in [-0.2, 0) is 11.3 Å². The van der Waals surface area contributed by atoms with E-state index >= 15 is 0 Å². The van der Waals surface area contributed by atoms with Gasteiger partial charge in [-0.25, -0.2) is 0 Å². The normalized spacial score (nSPS) is 20.8. The molecule has 3 N–H and O–H groups in total. The van der Waals surface area contributed by atoms with Crippen LogP contribution in [-0.4, -0.2) is 28.5 Å². The number of primary amides is 1. The Bertz CT molecular complexity index is 420. The third-order valence-electron chi connectivity index (χ3n) is 3.48. The molecule has 0 aliphatic carbocycles. The minimum Gasteiger partial charge on any atom is -0.508 e. The van der Waals surface area contributed by atoms with Crippen LogP contribution in [0.1, 0.15) is 31.2 Å². The number of carbonyl (C=O) groups is 1. The SMILES string of the molecule is NC(=O)CC1CCCCN1Cc1cccc(O)c1. The Morgan fingerprint density at radius 1 is 1.44 bits per heavy atom. The molecule has 0 aromatic heterocycles. The minimum absolute atomic E-state index is 0.234. The van der Waals surface area contributed by atoms with Crippen molar-refractivity contribution in [3.05, 3.63) is 29.8 Å². The van der Waals surface area contributed by atoms with Gasteiger partial charge in [-0.15, -0.1) is 0 Å². The minimum atomic E-state index is -0.234. The predicted octanol–water partition coefficient (Wildman–Crippen LogP) is 1.62. The fourth-order valence-corrected chi connectivity index (χ4v) is 2.62. The number of likely N-dealkylation sites (tertiary alicyclic amines) is 1. The molecule has 1 atom stereocenters. The van der Waals surface area contributed by atoms with Crippen LogP contribution in [0.25, 0.3) is 0 Å². The van der Waals surface area contributed by atoms with Gasteiger partial charge in [0.15, 0.2) is 0 Å². The maximum atomic E-state index is 11.1. The molecule has 1 aliphatic rings. The van der Waals surface area contributed by atoms with Gasteiger partial charge in [-0.2, -0.15) is 0 Å². The van der Waals surface area contributed by atoms with E-state index in [1.165, 1.54) is 0 Å². The molecule has 98 valence electrons. The van der Waals surface area contributed by atoms with Gasteiger partial charge >= 0.3 is 0 Å². The average molecular weight is 248 g/mol. The number of nitrogens with zero attached hydrogens (tertiary/aromatic N) is 1. The second kappa shape index (κ2) is 5.87. The van der Waals surface area contributed by atoms with Gasteiger partial charge in [-0.05, 0) is 37.1 Å². The third kappa shape index (κ3) is 3.47. The molecule has 2 rings (SSSR count). The van der Waals surface area contributed by atoms with Crippen LogP contribution in [0.15, 0.2) is 24.3 Å². The van der Waals surface area contributed by atoms with Gasteiger partial charge in [-0.1, -0.05) is 18.6 Å². The highest BCUT2D eigenvalue weighted by Crippen LogP contribution is 2.22. The summed E-state index contributed by atoms with van der Waals surface area (Å²) in [6.07, 6.45) is 3.78. The van der Waals surface area contributed by atoms with Gasteiger partial charge in [0.2, 0.25) is 5.91 Å². The summed E-state index contributed by atoms with van der Waals surface area (Å²) in [5.41, 5.74) is 6.37.